The molecule has 0 amide bonds. The van der Waals surface area contributed by atoms with Crippen LogP contribution in [0.4, 0.5) is 0 Å². The molecule has 0 fully saturated rings. The molecule has 0 aliphatic heterocycles. The Balaban J connectivity index is 2.20. The normalized spacial score (nSPS) is 12.0. The smallest absolute Gasteiger partial charge is 0.146 e. The number of benzene rings is 2. The summed E-state index contributed by atoms with van der Waals surface area (Å²) in [5, 5.41) is 29.2. The molecule has 0 aliphatic rings. The Morgan fingerprint density at radius 1 is 1.00 bits per heavy atom. The van der Waals surface area contributed by atoms with Crippen LogP contribution in [-0.2, 0) is 18.3 Å². The van der Waals surface area contributed by atoms with E-state index in [1.54, 1.807) is 0 Å². The number of rotatable bonds is 4. The van der Waals surface area contributed by atoms with Gasteiger partial charge in [0, 0.05) is 12.2 Å². The van der Waals surface area contributed by atoms with E-state index in [1.165, 1.54) is 10.4 Å². The Labute approximate surface area is 147 Å². The second kappa shape index (κ2) is 6.48. The number of aliphatic hydroxyl groups excluding tert-OH is 1. The molecule has 1 aromatic heterocycles. The molecule has 0 bridgehead atoms. The van der Waals surface area contributed by atoms with Crippen LogP contribution >= 0.6 is 0 Å². The highest BCUT2D eigenvalue weighted by Crippen LogP contribution is 2.36. The van der Waals surface area contributed by atoms with Crippen LogP contribution in [0.5, 0.6) is 5.75 Å². The molecule has 5 nitrogen and oxygen atoms in total. The van der Waals surface area contributed by atoms with Crippen molar-refractivity contribution >= 4 is 11.0 Å². The maximum atomic E-state index is 10.8. The second-order valence-corrected chi connectivity index (χ2v) is 7.40. The number of aromatic nitrogens is 3. The van der Waals surface area contributed by atoms with Crippen molar-refractivity contribution < 1.29 is 10.2 Å². The first-order valence-corrected chi connectivity index (χ1v) is 8.67. The first kappa shape index (κ1) is 17.4. The van der Waals surface area contributed by atoms with Crippen molar-refractivity contribution in [3.05, 3.63) is 47.0 Å². The van der Waals surface area contributed by atoms with E-state index in [9.17, 15) is 10.2 Å². The Bertz CT molecular complexity index is 907. The average molecular weight is 339 g/mol. The third-order valence-electron chi connectivity index (χ3n) is 4.43. The lowest BCUT2D eigenvalue weighted by atomic mass is 9.84. The zero-order valence-corrected chi connectivity index (χ0v) is 15.2. The van der Waals surface area contributed by atoms with Crippen molar-refractivity contribution in [2.24, 2.45) is 0 Å². The molecule has 2 aromatic carbocycles. The number of fused-ring (bicyclic) bond motifs is 1. The van der Waals surface area contributed by atoms with Gasteiger partial charge in [-0.3, -0.25) is 0 Å². The van der Waals surface area contributed by atoms with Gasteiger partial charge in [0.15, 0.2) is 0 Å². The molecule has 5 heteroatoms. The SMILES string of the molecule is CCc1ccc2nn(-c3cc(CCO)cc(C(C)(C)C)c3O)nc2c1. The van der Waals surface area contributed by atoms with Crippen LogP contribution in [0.1, 0.15) is 44.4 Å². The number of aromatic hydroxyl groups is 1. The molecule has 25 heavy (non-hydrogen) atoms. The number of hydrogen-bond acceptors (Lipinski definition) is 4. The van der Waals surface area contributed by atoms with Gasteiger partial charge in [-0.1, -0.05) is 39.8 Å². The van der Waals surface area contributed by atoms with Crippen molar-refractivity contribution in [3.8, 4) is 11.4 Å². The third-order valence-corrected chi connectivity index (χ3v) is 4.43. The summed E-state index contributed by atoms with van der Waals surface area (Å²) in [6.45, 7) is 8.31. The van der Waals surface area contributed by atoms with Crippen LogP contribution in [0.25, 0.3) is 16.7 Å². The minimum absolute atomic E-state index is 0.0577. The van der Waals surface area contributed by atoms with E-state index in [0.717, 1.165) is 28.6 Å². The van der Waals surface area contributed by atoms with Gasteiger partial charge in [0.1, 0.15) is 22.5 Å². The highest BCUT2D eigenvalue weighted by Gasteiger charge is 2.23. The predicted octanol–water partition coefficient (Wildman–Crippen LogP) is 3.52. The third kappa shape index (κ3) is 3.37. The van der Waals surface area contributed by atoms with Gasteiger partial charge in [0.2, 0.25) is 0 Å². The van der Waals surface area contributed by atoms with Gasteiger partial charge in [-0.2, -0.15) is 0 Å². The minimum Gasteiger partial charge on any atom is -0.505 e. The molecule has 0 saturated heterocycles. The molecule has 3 rings (SSSR count). The van der Waals surface area contributed by atoms with Crippen molar-refractivity contribution in [2.75, 3.05) is 6.61 Å². The summed E-state index contributed by atoms with van der Waals surface area (Å²) in [7, 11) is 0. The van der Waals surface area contributed by atoms with Gasteiger partial charge in [0.05, 0.1) is 0 Å². The van der Waals surface area contributed by atoms with Crippen LogP contribution in [0, 0.1) is 0 Å². The highest BCUT2D eigenvalue weighted by molar-refractivity contribution is 5.75. The van der Waals surface area contributed by atoms with Crippen molar-refractivity contribution in [3.63, 3.8) is 0 Å². The molecule has 0 unspecified atom stereocenters. The average Bonchev–Trinajstić information content (AvgIpc) is 2.98. The first-order valence-electron chi connectivity index (χ1n) is 8.67. The largest absolute Gasteiger partial charge is 0.505 e. The highest BCUT2D eigenvalue weighted by atomic mass is 16.3. The number of aryl methyl sites for hydroxylation is 1. The quantitative estimate of drug-likeness (QED) is 0.763. The predicted molar refractivity (Wildman–Crippen MR) is 99.4 cm³/mol. The zero-order chi connectivity index (χ0) is 18.2. The zero-order valence-electron chi connectivity index (χ0n) is 15.2. The number of nitrogens with zero attached hydrogens (tertiary/aromatic N) is 3. The summed E-state index contributed by atoms with van der Waals surface area (Å²) in [5.74, 6) is 0.185. The van der Waals surface area contributed by atoms with Crippen LogP contribution < -0.4 is 0 Å². The van der Waals surface area contributed by atoms with Crippen LogP contribution in [-0.4, -0.2) is 31.8 Å². The number of aliphatic hydroxyl groups is 1. The second-order valence-electron chi connectivity index (χ2n) is 7.40. The molecule has 132 valence electrons. The van der Waals surface area contributed by atoms with Gasteiger partial charge in [0.25, 0.3) is 0 Å². The summed E-state index contributed by atoms with van der Waals surface area (Å²) in [6.07, 6.45) is 1.46. The Kier molecular flexibility index (Phi) is 4.52. The fraction of sp³-hybridized carbons (Fsp3) is 0.400. The Morgan fingerprint density at radius 2 is 1.72 bits per heavy atom. The van der Waals surface area contributed by atoms with Gasteiger partial charge in [-0.15, -0.1) is 15.0 Å². The maximum absolute atomic E-state index is 10.8. The van der Waals surface area contributed by atoms with Crippen molar-refractivity contribution in [2.45, 2.75) is 46.0 Å². The lowest BCUT2D eigenvalue weighted by Gasteiger charge is -2.23. The summed E-state index contributed by atoms with van der Waals surface area (Å²) in [4.78, 5) is 1.50. The Morgan fingerprint density at radius 3 is 2.36 bits per heavy atom. The molecule has 2 N–H and O–H groups in total. The minimum atomic E-state index is -0.230. The number of hydrogen-bond donors (Lipinski definition) is 2. The topological polar surface area (TPSA) is 71.2 Å². The molecule has 1 heterocycles. The molecular formula is C20H25N3O2. The fourth-order valence-corrected chi connectivity index (χ4v) is 2.96. The summed E-state index contributed by atoms with van der Waals surface area (Å²) in [5.41, 5.74) is 4.90. The van der Waals surface area contributed by atoms with Crippen LogP contribution in [0.15, 0.2) is 30.3 Å². The van der Waals surface area contributed by atoms with Gasteiger partial charge < -0.3 is 10.2 Å². The van der Waals surface area contributed by atoms with E-state index in [0.29, 0.717) is 12.1 Å². The molecular weight excluding hydrogens is 314 g/mol. The standard InChI is InChI=1S/C20H25N3O2/c1-5-13-6-7-16-17(11-13)22-23(21-16)18-12-14(8-9-24)10-15(19(18)25)20(2,3)4/h6-7,10-12,24-25H,5,8-9H2,1-4H3. The molecule has 0 spiro atoms. The fourth-order valence-electron chi connectivity index (χ4n) is 2.96. The first-order chi connectivity index (χ1) is 11.8. The van der Waals surface area contributed by atoms with Crippen molar-refractivity contribution in [1.82, 2.24) is 15.0 Å². The molecule has 0 aliphatic carbocycles. The van der Waals surface area contributed by atoms with E-state index in [2.05, 4.69) is 37.9 Å². The maximum Gasteiger partial charge on any atom is 0.146 e. The molecule has 0 saturated carbocycles. The summed E-state index contributed by atoms with van der Waals surface area (Å²) in [6, 6.07) is 9.83. The van der Waals surface area contributed by atoms with E-state index < -0.39 is 0 Å². The van der Waals surface area contributed by atoms with E-state index in [-0.39, 0.29) is 17.8 Å². The number of phenolic OH excluding ortho intramolecular Hbond substituents is 1. The lowest BCUT2D eigenvalue weighted by Crippen LogP contribution is -2.14. The molecule has 0 atom stereocenters. The summed E-state index contributed by atoms with van der Waals surface area (Å²) >= 11 is 0. The van der Waals surface area contributed by atoms with Crippen molar-refractivity contribution in [1.29, 1.82) is 0 Å². The Hall–Kier alpha value is -2.40. The van der Waals surface area contributed by atoms with Crippen LogP contribution in [0.3, 0.4) is 0 Å². The molecule has 3 aromatic rings. The van der Waals surface area contributed by atoms with Gasteiger partial charge in [-0.05, 0) is 47.6 Å². The number of phenols is 1. The summed E-state index contributed by atoms with van der Waals surface area (Å²) < 4.78 is 0. The molecule has 0 radical (unpaired) electrons. The van der Waals surface area contributed by atoms with Crippen LogP contribution in [0.2, 0.25) is 0 Å². The van der Waals surface area contributed by atoms with E-state index >= 15 is 0 Å². The van der Waals surface area contributed by atoms with E-state index in [4.69, 9.17) is 0 Å². The van der Waals surface area contributed by atoms with Gasteiger partial charge >= 0.3 is 0 Å². The monoisotopic (exact) mass is 339 g/mol. The van der Waals surface area contributed by atoms with Gasteiger partial charge in [-0.25, -0.2) is 0 Å². The lowest BCUT2D eigenvalue weighted by molar-refractivity contribution is 0.299. The van der Waals surface area contributed by atoms with E-state index in [1.807, 2.05) is 30.3 Å².